The van der Waals surface area contributed by atoms with Gasteiger partial charge < -0.3 is 15.8 Å². The van der Waals surface area contributed by atoms with Gasteiger partial charge in [0.1, 0.15) is 0 Å². The smallest absolute Gasteiger partial charge is 0.0494 e. The summed E-state index contributed by atoms with van der Waals surface area (Å²) in [6, 6.07) is 0. The summed E-state index contributed by atoms with van der Waals surface area (Å²) < 4.78 is 5.23. The lowest BCUT2D eigenvalue weighted by Gasteiger charge is -2.30. The van der Waals surface area contributed by atoms with Crippen LogP contribution in [-0.4, -0.2) is 33.4 Å². The molecule has 1 rings (SSSR count). The molecule has 0 spiro atoms. The van der Waals surface area contributed by atoms with E-state index in [1.165, 1.54) is 19.4 Å². The topological polar surface area (TPSA) is 47.3 Å². The van der Waals surface area contributed by atoms with E-state index in [9.17, 15) is 0 Å². The molecule has 1 aliphatic heterocycles. The molecular weight excluding hydrogens is 164 g/mol. The lowest BCUT2D eigenvalue weighted by molar-refractivity contribution is 0.105. The van der Waals surface area contributed by atoms with Crippen molar-refractivity contribution < 1.29 is 4.74 Å². The third-order valence-electron chi connectivity index (χ3n) is 2.92. The van der Waals surface area contributed by atoms with E-state index in [0.717, 1.165) is 32.0 Å². The van der Waals surface area contributed by atoms with Crippen molar-refractivity contribution in [2.45, 2.75) is 19.3 Å². The Kier molecular flexibility index (Phi) is 5.35. The van der Waals surface area contributed by atoms with Crippen LogP contribution < -0.4 is 11.1 Å². The van der Waals surface area contributed by atoms with E-state index in [2.05, 4.69) is 5.32 Å². The van der Waals surface area contributed by atoms with Crippen molar-refractivity contribution in [3.63, 3.8) is 0 Å². The average molecular weight is 186 g/mol. The first-order valence-corrected chi connectivity index (χ1v) is 5.28. The molecule has 1 fully saturated rings. The van der Waals surface area contributed by atoms with Crippen LogP contribution in [0, 0.1) is 11.8 Å². The Bertz CT molecular complexity index is 118. The van der Waals surface area contributed by atoms with Crippen LogP contribution in [0.1, 0.15) is 19.3 Å². The van der Waals surface area contributed by atoms with E-state index >= 15 is 0 Å². The molecular formula is C10H22N2O. The maximum atomic E-state index is 5.59. The maximum absolute atomic E-state index is 5.59. The third kappa shape index (κ3) is 3.63. The Labute approximate surface area is 81.0 Å². The predicted octanol–water partition coefficient (Wildman–Crippen LogP) is 0.597. The fraction of sp³-hybridized carbons (Fsp3) is 1.00. The van der Waals surface area contributed by atoms with Gasteiger partial charge >= 0.3 is 0 Å². The summed E-state index contributed by atoms with van der Waals surface area (Å²) >= 11 is 0. The number of hydrogen-bond acceptors (Lipinski definition) is 3. The van der Waals surface area contributed by atoms with Crippen molar-refractivity contribution in [1.29, 1.82) is 0 Å². The monoisotopic (exact) mass is 186 g/mol. The van der Waals surface area contributed by atoms with Crippen LogP contribution in [0.25, 0.3) is 0 Å². The SMILES string of the molecule is COCC(CCN)C1CCCNC1. The summed E-state index contributed by atoms with van der Waals surface area (Å²) in [5.41, 5.74) is 5.59. The minimum Gasteiger partial charge on any atom is -0.384 e. The van der Waals surface area contributed by atoms with E-state index in [0.29, 0.717) is 5.92 Å². The van der Waals surface area contributed by atoms with Crippen molar-refractivity contribution in [3.8, 4) is 0 Å². The quantitative estimate of drug-likeness (QED) is 0.661. The lowest BCUT2D eigenvalue weighted by Crippen LogP contribution is -2.36. The van der Waals surface area contributed by atoms with Crippen molar-refractivity contribution >= 4 is 0 Å². The van der Waals surface area contributed by atoms with Gasteiger partial charge in [0, 0.05) is 13.7 Å². The third-order valence-corrected chi connectivity index (χ3v) is 2.92. The van der Waals surface area contributed by atoms with Gasteiger partial charge in [-0.25, -0.2) is 0 Å². The van der Waals surface area contributed by atoms with E-state index in [4.69, 9.17) is 10.5 Å². The number of nitrogens with one attached hydrogen (secondary N) is 1. The minimum atomic E-state index is 0.655. The first kappa shape index (κ1) is 11.0. The second-order valence-corrected chi connectivity index (χ2v) is 3.90. The van der Waals surface area contributed by atoms with Gasteiger partial charge in [-0.05, 0) is 50.7 Å². The summed E-state index contributed by atoms with van der Waals surface area (Å²) in [6.45, 7) is 3.97. The number of nitrogens with two attached hydrogens (primary N) is 1. The molecule has 0 aromatic carbocycles. The van der Waals surface area contributed by atoms with Gasteiger partial charge in [-0.3, -0.25) is 0 Å². The molecule has 78 valence electrons. The summed E-state index contributed by atoms with van der Waals surface area (Å²) in [7, 11) is 1.78. The molecule has 1 aliphatic rings. The van der Waals surface area contributed by atoms with Crippen LogP contribution in [0.4, 0.5) is 0 Å². The molecule has 0 aromatic rings. The zero-order valence-corrected chi connectivity index (χ0v) is 8.59. The van der Waals surface area contributed by atoms with Gasteiger partial charge in [-0.2, -0.15) is 0 Å². The van der Waals surface area contributed by atoms with Crippen molar-refractivity contribution in [1.82, 2.24) is 5.32 Å². The molecule has 3 heteroatoms. The van der Waals surface area contributed by atoms with E-state index in [-0.39, 0.29) is 0 Å². The number of ether oxygens (including phenoxy) is 1. The molecule has 0 aromatic heterocycles. The van der Waals surface area contributed by atoms with Crippen molar-refractivity contribution in [3.05, 3.63) is 0 Å². The molecule has 0 amide bonds. The molecule has 0 radical (unpaired) electrons. The van der Waals surface area contributed by atoms with E-state index in [1.54, 1.807) is 7.11 Å². The standard InChI is InChI=1S/C10H22N2O/c1-13-8-10(4-5-11)9-3-2-6-12-7-9/h9-10,12H,2-8,11H2,1H3. The normalized spacial score (nSPS) is 25.8. The average Bonchev–Trinajstić information content (AvgIpc) is 2.19. The van der Waals surface area contributed by atoms with Crippen LogP contribution >= 0.6 is 0 Å². The van der Waals surface area contributed by atoms with Crippen LogP contribution in [0.2, 0.25) is 0 Å². The fourth-order valence-electron chi connectivity index (χ4n) is 2.16. The molecule has 3 nitrogen and oxygen atoms in total. The van der Waals surface area contributed by atoms with Gasteiger partial charge in [0.15, 0.2) is 0 Å². The van der Waals surface area contributed by atoms with E-state index in [1.807, 2.05) is 0 Å². The second-order valence-electron chi connectivity index (χ2n) is 3.90. The number of methoxy groups -OCH3 is 1. The molecule has 0 bridgehead atoms. The first-order chi connectivity index (χ1) is 6.38. The van der Waals surface area contributed by atoms with Crippen LogP contribution in [0.15, 0.2) is 0 Å². The van der Waals surface area contributed by atoms with Crippen LogP contribution in [-0.2, 0) is 4.74 Å². The van der Waals surface area contributed by atoms with Gasteiger partial charge in [0.2, 0.25) is 0 Å². The highest BCUT2D eigenvalue weighted by atomic mass is 16.5. The van der Waals surface area contributed by atoms with Crippen molar-refractivity contribution in [2.75, 3.05) is 33.4 Å². The molecule has 1 saturated heterocycles. The van der Waals surface area contributed by atoms with Gasteiger partial charge in [0.25, 0.3) is 0 Å². The summed E-state index contributed by atoms with van der Waals surface area (Å²) in [5.74, 6) is 1.43. The molecule has 3 N–H and O–H groups in total. The Hall–Kier alpha value is -0.120. The molecule has 2 atom stereocenters. The van der Waals surface area contributed by atoms with Crippen molar-refractivity contribution in [2.24, 2.45) is 17.6 Å². The minimum absolute atomic E-state index is 0.655. The highest BCUT2D eigenvalue weighted by molar-refractivity contribution is 4.76. The first-order valence-electron chi connectivity index (χ1n) is 5.28. The highest BCUT2D eigenvalue weighted by Crippen LogP contribution is 2.22. The molecule has 0 aliphatic carbocycles. The molecule has 1 heterocycles. The molecule has 0 saturated carbocycles. The summed E-state index contributed by atoms with van der Waals surface area (Å²) in [6.07, 6.45) is 3.73. The Morgan fingerprint density at radius 1 is 1.62 bits per heavy atom. The van der Waals surface area contributed by atoms with E-state index < -0.39 is 0 Å². The Morgan fingerprint density at radius 3 is 3.00 bits per heavy atom. The van der Waals surface area contributed by atoms with Gasteiger partial charge in [0.05, 0.1) is 0 Å². The Balaban J connectivity index is 2.32. The fourth-order valence-corrected chi connectivity index (χ4v) is 2.16. The largest absolute Gasteiger partial charge is 0.384 e. The van der Waals surface area contributed by atoms with Gasteiger partial charge in [-0.15, -0.1) is 0 Å². The summed E-state index contributed by atoms with van der Waals surface area (Å²) in [5, 5.41) is 3.44. The number of piperidine rings is 1. The zero-order valence-electron chi connectivity index (χ0n) is 8.59. The van der Waals surface area contributed by atoms with Crippen LogP contribution in [0.5, 0.6) is 0 Å². The predicted molar refractivity (Wildman–Crippen MR) is 54.6 cm³/mol. The maximum Gasteiger partial charge on any atom is 0.0494 e. The number of rotatable bonds is 5. The molecule has 13 heavy (non-hydrogen) atoms. The Morgan fingerprint density at radius 2 is 2.46 bits per heavy atom. The number of hydrogen-bond donors (Lipinski definition) is 2. The van der Waals surface area contributed by atoms with Crippen LogP contribution in [0.3, 0.4) is 0 Å². The summed E-state index contributed by atoms with van der Waals surface area (Å²) in [4.78, 5) is 0. The molecule has 2 unspecified atom stereocenters. The van der Waals surface area contributed by atoms with Gasteiger partial charge in [-0.1, -0.05) is 0 Å². The second kappa shape index (κ2) is 6.35. The zero-order chi connectivity index (χ0) is 9.52. The highest BCUT2D eigenvalue weighted by Gasteiger charge is 2.22. The lowest BCUT2D eigenvalue weighted by atomic mass is 9.84.